The Morgan fingerprint density at radius 2 is 1.61 bits per heavy atom. The Kier molecular flexibility index (Phi) is 7.52. The molecule has 0 spiro atoms. The monoisotopic (exact) mass is 531 g/mol. The van der Waals surface area contributed by atoms with Gasteiger partial charge in [0, 0.05) is 31.2 Å². The minimum Gasteiger partial charge on any atom is -0.497 e. The Balaban J connectivity index is 1.40. The second-order valence-corrected chi connectivity index (χ2v) is 11.7. The average molecular weight is 532 g/mol. The molecule has 1 saturated heterocycles. The zero-order valence-corrected chi connectivity index (χ0v) is 21.0. The molecule has 0 aliphatic carbocycles. The molecule has 11 nitrogen and oxygen atoms in total. The number of ether oxygens (including phenoxy) is 1. The topological polar surface area (TPSA) is 148 Å². The van der Waals surface area contributed by atoms with Gasteiger partial charge in [-0.15, -0.1) is 0 Å². The van der Waals surface area contributed by atoms with Crippen LogP contribution in [0.2, 0.25) is 0 Å². The van der Waals surface area contributed by atoms with Gasteiger partial charge in [-0.25, -0.2) is 31.5 Å². The van der Waals surface area contributed by atoms with Gasteiger partial charge in [0.15, 0.2) is 0 Å². The molecule has 0 radical (unpaired) electrons. The van der Waals surface area contributed by atoms with Crippen LogP contribution in [0.5, 0.6) is 5.75 Å². The summed E-state index contributed by atoms with van der Waals surface area (Å²) in [6, 6.07) is 13.3. The number of anilines is 2. The van der Waals surface area contributed by atoms with Crippen molar-refractivity contribution in [3.8, 4) is 5.75 Å². The number of piperidine rings is 1. The fraction of sp³-hybridized carbons (Fsp3) is 0.261. The standard InChI is InChI=1S/C23H25N5O6S2/c1-34-19-7-11-21(12-8-19)36(32,33)28-15-2-4-17(16-28)22(29)26-18-5-9-20(10-6-18)35(30,31)27-23-24-13-3-14-25-23/h3,5-14,17H,2,4,15-16H2,1H3,(H,26,29)(H,24,25,27)/t17-/m1/s1. The second-order valence-electron chi connectivity index (χ2n) is 8.07. The van der Waals surface area contributed by atoms with Crippen LogP contribution < -0.4 is 14.8 Å². The fourth-order valence-electron chi connectivity index (χ4n) is 3.76. The van der Waals surface area contributed by atoms with Crippen molar-refractivity contribution >= 4 is 37.6 Å². The molecule has 1 amide bonds. The molecule has 36 heavy (non-hydrogen) atoms. The van der Waals surface area contributed by atoms with Crippen LogP contribution in [0, 0.1) is 5.92 Å². The summed E-state index contributed by atoms with van der Waals surface area (Å²) < 4.78 is 59.8. The molecule has 190 valence electrons. The first-order valence-electron chi connectivity index (χ1n) is 11.0. The number of sulfonamides is 2. The van der Waals surface area contributed by atoms with Gasteiger partial charge in [-0.05, 0) is 67.4 Å². The van der Waals surface area contributed by atoms with Crippen molar-refractivity contribution < 1.29 is 26.4 Å². The van der Waals surface area contributed by atoms with E-state index < -0.39 is 26.0 Å². The van der Waals surface area contributed by atoms with Gasteiger partial charge in [0.2, 0.25) is 21.9 Å². The van der Waals surface area contributed by atoms with Crippen molar-refractivity contribution in [1.29, 1.82) is 0 Å². The van der Waals surface area contributed by atoms with E-state index in [1.807, 2.05) is 0 Å². The number of carbonyl (C=O) groups excluding carboxylic acids is 1. The number of benzene rings is 2. The average Bonchev–Trinajstić information content (AvgIpc) is 2.89. The Morgan fingerprint density at radius 3 is 2.25 bits per heavy atom. The smallest absolute Gasteiger partial charge is 0.264 e. The second kappa shape index (κ2) is 10.6. The van der Waals surface area contributed by atoms with Crippen LogP contribution >= 0.6 is 0 Å². The van der Waals surface area contributed by atoms with E-state index in [0.29, 0.717) is 30.8 Å². The van der Waals surface area contributed by atoms with Gasteiger partial charge < -0.3 is 10.1 Å². The van der Waals surface area contributed by atoms with Gasteiger partial charge in [0.05, 0.1) is 22.8 Å². The summed E-state index contributed by atoms with van der Waals surface area (Å²) in [6.45, 7) is 0.372. The summed E-state index contributed by atoms with van der Waals surface area (Å²) in [5.41, 5.74) is 0.394. The SMILES string of the molecule is COc1ccc(S(=O)(=O)N2CCC[C@@H](C(=O)Nc3ccc(S(=O)(=O)Nc4ncccn4)cc3)C2)cc1. The quantitative estimate of drug-likeness (QED) is 0.450. The molecule has 13 heteroatoms. The van der Waals surface area contributed by atoms with Gasteiger partial charge in [-0.3, -0.25) is 4.79 Å². The van der Waals surface area contributed by atoms with Crippen molar-refractivity contribution in [2.75, 3.05) is 30.2 Å². The Labute approximate surface area is 209 Å². The predicted molar refractivity (Wildman–Crippen MR) is 132 cm³/mol. The fourth-order valence-corrected chi connectivity index (χ4v) is 6.25. The van der Waals surface area contributed by atoms with Crippen molar-refractivity contribution in [2.24, 2.45) is 5.92 Å². The van der Waals surface area contributed by atoms with Crippen LogP contribution in [0.15, 0.2) is 76.8 Å². The molecule has 3 aromatic rings. The maximum Gasteiger partial charge on any atom is 0.264 e. The molecule has 2 N–H and O–H groups in total. The predicted octanol–water partition coefficient (Wildman–Crippen LogP) is 2.33. The van der Waals surface area contributed by atoms with E-state index in [1.54, 1.807) is 18.2 Å². The highest BCUT2D eigenvalue weighted by Crippen LogP contribution is 2.26. The molecular weight excluding hydrogens is 506 g/mol. The Bertz CT molecular complexity index is 1410. The highest BCUT2D eigenvalue weighted by molar-refractivity contribution is 7.92. The van der Waals surface area contributed by atoms with E-state index >= 15 is 0 Å². The van der Waals surface area contributed by atoms with Crippen LogP contribution in [-0.2, 0) is 24.8 Å². The number of methoxy groups -OCH3 is 1. The van der Waals surface area contributed by atoms with Crippen molar-refractivity contribution in [1.82, 2.24) is 14.3 Å². The number of hydrogen-bond donors (Lipinski definition) is 2. The van der Waals surface area contributed by atoms with E-state index in [4.69, 9.17) is 4.74 Å². The van der Waals surface area contributed by atoms with E-state index in [2.05, 4.69) is 20.0 Å². The van der Waals surface area contributed by atoms with Gasteiger partial charge in [0.1, 0.15) is 5.75 Å². The van der Waals surface area contributed by atoms with Gasteiger partial charge >= 0.3 is 0 Å². The van der Waals surface area contributed by atoms with Crippen LogP contribution in [0.25, 0.3) is 0 Å². The Hall–Kier alpha value is -3.55. The summed E-state index contributed by atoms with van der Waals surface area (Å²) >= 11 is 0. The van der Waals surface area contributed by atoms with Crippen LogP contribution in [0.3, 0.4) is 0 Å². The minimum atomic E-state index is -3.90. The van der Waals surface area contributed by atoms with Crippen molar-refractivity contribution in [3.63, 3.8) is 0 Å². The number of amides is 1. The molecular formula is C23H25N5O6S2. The summed E-state index contributed by atoms with van der Waals surface area (Å²) in [4.78, 5) is 20.7. The lowest BCUT2D eigenvalue weighted by Gasteiger charge is -2.31. The lowest BCUT2D eigenvalue weighted by atomic mass is 9.99. The molecule has 0 bridgehead atoms. The molecule has 0 unspecified atom stereocenters. The summed E-state index contributed by atoms with van der Waals surface area (Å²) in [7, 11) is -6.16. The highest BCUT2D eigenvalue weighted by atomic mass is 32.2. The first-order valence-corrected chi connectivity index (χ1v) is 14.0. The summed E-state index contributed by atoms with van der Waals surface area (Å²) in [5.74, 6) is -0.391. The van der Waals surface area contributed by atoms with Crippen molar-refractivity contribution in [3.05, 3.63) is 67.0 Å². The molecule has 1 atom stereocenters. The number of hydrogen-bond acceptors (Lipinski definition) is 8. The first-order chi connectivity index (χ1) is 17.2. The lowest BCUT2D eigenvalue weighted by Crippen LogP contribution is -2.43. The number of rotatable bonds is 8. The first kappa shape index (κ1) is 25.5. The normalized spacial score (nSPS) is 16.8. The molecule has 1 aliphatic heterocycles. The largest absolute Gasteiger partial charge is 0.497 e. The molecule has 0 saturated carbocycles. The zero-order valence-electron chi connectivity index (χ0n) is 19.4. The van der Waals surface area contributed by atoms with E-state index in [-0.39, 0.29) is 28.2 Å². The molecule has 1 aromatic heterocycles. The molecule has 4 rings (SSSR count). The van der Waals surface area contributed by atoms with Crippen LogP contribution in [0.4, 0.5) is 11.6 Å². The minimum absolute atomic E-state index is 0.0256. The zero-order chi connectivity index (χ0) is 25.8. The van der Waals surface area contributed by atoms with Crippen LogP contribution in [0.1, 0.15) is 12.8 Å². The number of carbonyl (C=O) groups is 1. The third-order valence-electron chi connectivity index (χ3n) is 5.68. The number of aromatic nitrogens is 2. The highest BCUT2D eigenvalue weighted by Gasteiger charge is 2.33. The molecule has 2 aromatic carbocycles. The molecule has 2 heterocycles. The van der Waals surface area contributed by atoms with E-state index in [9.17, 15) is 21.6 Å². The lowest BCUT2D eigenvalue weighted by molar-refractivity contribution is -0.120. The van der Waals surface area contributed by atoms with Gasteiger partial charge in [-0.1, -0.05) is 0 Å². The van der Waals surface area contributed by atoms with Crippen LogP contribution in [-0.4, -0.2) is 57.2 Å². The van der Waals surface area contributed by atoms with E-state index in [0.717, 1.165) is 0 Å². The molecule has 1 aliphatic rings. The number of nitrogens with zero attached hydrogens (tertiary/aromatic N) is 3. The summed E-state index contributed by atoms with van der Waals surface area (Å²) in [5, 5.41) is 2.75. The third kappa shape index (κ3) is 5.80. The maximum atomic E-state index is 13.1. The number of nitrogens with one attached hydrogen (secondary N) is 2. The van der Waals surface area contributed by atoms with Crippen molar-refractivity contribution in [2.45, 2.75) is 22.6 Å². The molecule has 1 fully saturated rings. The van der Waals surface area contributed by atoms with Gasteiger partial charge in [0.25, 0.3) is 10.0 Å². The maximum absolute atomic E-state index is 13.1. The van der Waals surface area contributed by atoms with Gasteiger partial charge in [-0.2, -0.15) is 4.31 Å². The Morgan fingerprint density at radius 1 is 0.972 bits per heavy atom. The summed E-state index contributed by atoms with van der Waals surface area (Å²) in [6.07, 6.45) is 3.90. The third-order valence-corrected chi connectivity index (χ3v) is 8.90. The van der Waals surface area contributed by atoms with E-state index in [1.165, 1.54) is 60.2 Å².